The van der Waals surface area contributed by atoms with E-state index in [2.05, 4.69) is 0 Å². The summed E-state index contributed by atoms with van der Waals surface area (Å²) >= 11 is 0. The standard InChI is InChI=1S/C27H25NO4/c28-24(16-8-11-18-9-2-1-3-10-18)25(26(29)30)27(31)32-17-23-21-14-6-4-12-19(21)20-13-5-7-15-22(20)23/h1-15,23-25H,16-17,28H2,(H,29,30)/b11-8+/t24-,25+/m0/s1. The zero-order valence-electron chi connectivity index (χ0n) is 17.6. The third-order valence-electron chi connectivity index (χ3n) is 5.82. The first-order valence-corrected chi connectivity index (χ1v) is 10.6. The molecule has 0 amide bonds. The first-order valence-electron chi connectivity index (χ1n) is 10.6. The van der Waals surface area contributed by atoms with Crippen LogP contribution in [0.1, 0.15) is 29.0 Å². The smallest absolute Gasteiger partial charge is 0.321 e. The highest BCUT2D eigenvalue weighted by Crippen LogP contribution is 2.44. The van der Waals surface area contributed by atoms with Gasteiger partial charge in [0, 0.05) is 12.0 Å². The molecule has 1 aliphatic carbocycles. The van der Waals surface area contributed by atoms with Gasteiger partial charge in [0.05, 0.1) is 0 Å². The van der Waals surface area contributed by atoms with E-state index < -0.39 is 23.9 Å². The maximum atomic E-state index is 12.7. The minimum absolute atomic E-state index is 0.0726. The van der Waals surface area contributed by atoms with Crippen molar-refractivity contribution < 1.29 is 19.4 Å². The molecule has 3 aromatic carbocycles. The van der Waals surface area contributed by atoms with Crippen LogP contribution >= 0.6 is 0 Å². The second-order valence-electron chi connectivity index (χ2n) is 7.89. The molecule has 162 valence electrons. The van der Waals surface area contributed by atoms with Crippen molar-refractivity contribution in [3.63, 3.8) is 0 Å². The van der Waals surface area contributed by atoms with Gasteiger partial charge in [0.2, 0.25) is 0 Å². The van der Waals surface area contributed by atoms with Crippen LogP contribution in [0, 0.1) is 5.92 Å². The Kier molecular flexibility index (Phi) is 6.47. The molecule has 0 aliphatic heterocycles. The summed E-state index contributed by atoms with van der Waals surface area (Å²) in [5.41, 5.74) is 11.4. The number of ether oxygens (including phenoxy) is 1. The maximum Gasteiger partial charge on any atom is 0.321 e. The van der Waals surface area contributed by atoms with Gasteiger partial charge in [-0.3, -0.25) is 9.59 Å². The molecule has 0 saturated heterocycles. The second kappa shape index (κ2) is 9.62. The molecule has 0 spiro atoms. The van der Waals surface area contributed by atoms with Crippen LogP contribution in [-0.2, 0) is 14.3 Å². The lowest BCUT2D eigenvalue weighted by molar-refractivity contribution is -0.159. The van der Waals surface area contributed by atoms with Crippen LogP contribution in [0.5, 0.6) is 0 Å². The van der Waals surface area contributed by atoms with Gasteiger partial charge < -0.3 is 15.6 Å². The fraction of sp³-hybridized carbons (Fsp3) is 0.185. The molecule has 0 bridgehead atoms. The van der Waals surface area contributed by atoms with E-state index in [1.165, 1.54) is 0 Å². The molecule has 4 rings (SSSR count). The zero-order chi connectivity index (χ0) is 22.5. The summed E-state index contributed by atoms with van der Waals surface area (Å²) in [6.07, 6.45) is 3.89. The minimum Gasteiger partial charge on any atom is -0.481 e. The number of aliphatic carboxylic acids is 1. The molecule has 3 aromatic rings. The highest BCUT2D eigenvalue weighted by molar-refractivity contribution is 5.95. The first-order chi connectivity index (χ1) is 15.6. The van der Waals surface area contributed by atoms with Crippen LogP contribution in [-0.4, -0.2) is 29.7 Å². The first kappa shape index (κ1) is 21.5. The Hall–Kier alpha value is -3.70. The van der Waals surface area contributed by atoms with E-state index in [9.17, 15) is 14.7 Å². The van der Waals surface area contributed by atoms with Gasteiger partial charge in [-0.2, -0.15) is 0 Å². The summed E-state index contributed by atoms with van der Waals surface area (Å²) in [6.45, 7) is 0.0726. The Morgan fingerprint density at radius 1 is 0.906 bits per heavy atom. The summed E-state index contributed by atoms with van der Waals surface area (Å²) in [4.78, 5) is 24.5. The summed E-state index contributed by atoms with van der Waals surface area (Å²) in [5.74, 6) is -3.64. The predicted octanol–water partition coefficient (Wildman–Crippen LogP) is 4.47. The maximum absolute atomic E-state index is 12.7. The summed E-state index contributed by atoms with van der Waals surface area (Å²) in [6, 6.07) is 24.7. The van der Waals surface area contributed by atoms with Crippen molar-refractivity contribution in [2.24, 2.45) is 11.7 Å². The Labute approximate surface area is 187 Å². The molecule has 2 atom stereocenters. The molecule has 0 saturated carbocycles. The van der Waals surface area contributed by atoms with E-state index in [4.69, 9.17) is 10.5 Å². The number of carboxylic acid groups (broad SMARTS) is 1. The molecule has 5 heteroatoms. The predicted molar refractivity (Wildman–Crippen MR) is 124 cm³/mol. The highest BCUT2D eigenvalue weighted by atomic mass is 16.5. The zero-order valence-corrected chi connectivity index (χ0v) is 17.6. The lowest BCUT2D eigenvalue weighted by atomic mass is 9.96. The average molecular weight is 428 g/mol. The molecule has 0 heterocycles. The largest absolute Gasteiger partial charge is 0.481 e. The van der Waals surface area contributed by atoms with Crippen LogP contribution in [0.25, 0.3) is 17.2 Å². The molecule has 1 aliphatic rings. The monoisotopic (exact) mass is 427 g/mol. The molecule has 0 fully saturated rings. The van der Waals surface area contributed by atoms with E-state index in [1.807, 2.05) is 84.9 Å². The molecule has 3 N–H and O–H groups in total. The SMILES string of the molecule is N[C@@H](C/C=C/c1ccccc1)[C@H](C(=O)O)C(=O)OCC1c2ccccc2-c2ccccc21. The van der Waals surface area contributed by atoms with E-state index in [1.54, 1.807) is 6.08 Å². The highest BCUT2D eigenvalue weighted by Gasteiger charge is 2.35. The quantitative estimate of drug-likeness (QED) is 0.409. The Balaban J connectivity index is 1.44. The number of carbonyl (C=O) groups is 2. The third kappa shape index (κ3) is 4.48. The summed E-state index contributed by atoms with van der Waals surface area (Å²) < 4.78 is 5.53. The van der Waals surface area contributed by atoms with Gasteiger partial charge in [-0.05, 0) is 34.2 Å². The van der Waals surface area contributed by atoms with Crippen LogP contribution in [0.3, 0.4) is 0 Å². The Morgan fingerprint density at radius 2 is 1.47 bits per heavy atom. The molecular weight excluding hydrogens is 402 g/mol. The normalized spacial score (nSPS) is 14.5. The van der Waals surface area contributed by atoms with Crippen molar-refractivity contribution in [3.05, 3.63) is 102 Å². The number of benzene rings is 3. The van der Waals surface area contributed by atoms with Gasteiger partial charge in [-0.25, -0.2) is 0 Å². The number of esters is 1. The summed E-state index contributed by atoms with van der Waals surface area (Å²) in [7, 11) is 0. The number of carbonyl (C=O) groups excluding carboxylic acids is 1. The average Bonchev–Trinajstić information content (AvgIpc) is 3.12. The van der Waals surface area contributed by atoms with Crippen LogP contribution in [0.4, 0.5) is 0 Å². The van der Waals surface area contributed by atoms with Crippen molar-refractivity contribution in [3.8, 4) is 11.1 Å². The van der Waals surface area contributed by atoms with E-state index in [0.29, 0.717) is 0 Å². The lowest BCUT2D eigenvalue weighted by Gasteiger charge is -2.20. The van der Waals surface area contributed by atoms with Crippen molar-refractivity contribution in [1.29, 1.82) is 0 Å². The van der Waals surface area contributed by atoms with Gasteiger partial charge in [0.15, 0.2) is 5.92 Å². The van der Waals surface area contributed by atoms with Gasteiger partial charge in [0.1, 0.15) is 6.61 Å². The van der Waals surface area contributed by atoms with Crippen molar-refractivity contribution in [2.75, 3.05) is 6.61 Å². The Bertz CT molecular complexity index is 1090. The molecule has 0 radical (unpaired) electrons. The van der Waals surface area contributed by atoms with Gasteiger partial charge in [-0.15, -0.1) is 0 Å². The molecule has 5 nitrogen and oxygen atoms in total. The van der Waals surface area contributed by atoms with Crippen LogP contribution < -0.4 is 5.73 Å². The third-order valence-corrected chi connectivity index (χ3v) is 5.82. The van der Waals surface area contributed by atoms with Crippen molar-refractivity contribution >= 4 is 18.0 Å². The fourth-order valence-corrected chi connectivity index (χ4v) is 4.21. The number of hydrogen-bond acceptors (Lipinski definition) is 4. The molecule has 32 heavy (non-hydrogen) atoms. The molecular formula is C27H25NO4. The minimum atomic E-state index is -1.43. The van der Waals surface area contributed by atoms with E-state index in [-0.39, 0.29) is 18.9 Å². The van der Waals surface area contributed by atoms with E-state index >= 15 is 0 Å². The van der Waals surface area contributed by atoms with Crippen LogP contribution in [0.15, 0.2) is 84.9 Å². The number of rotatable bonds is 8. The molecule has 0 aromatic heterocycles. The molecule has 0 unspecified atom stereocenters. The number of nitrogens with two attached hydrogens (primary N) is 1. The second-order valence-corrected chi connectivity index (χ2v) is 7.89. The van der Waals surface area contributed by atoms with Crippen molar-refractivity contribution in [1.82, 2.24) is 0 Å². The van der Waals surface area contributed by atoms with Gasteiger partial charge in [0.25, 0.3) is 0 Å². The van der Waals surface area contributed by atoms with Crippen LogP contribution in [0.2, 0.25) is 0 Å². The summed E-state index contributed by atoms with van der Waals surface area (Å²) in [5, 5.41) is 9.63. The van der Waals surface area contributed by atoms with Gasteiger partial charge in [-0.1, -0.05) is 91.0 Å². The Morgan fingerprint density at radius 3 is 2.06 bits per heavy atom. The number of fused-ring (bicyclic) bond motifs is 3. The fourth-order valence-electron chi connectivity index (χ4n) is 4.21. The van der Waals surface area contributed by atoms with Gasteiger partial charge >= 0.3 is 11.9 Å². The topological polar surface area (TPSA) is 89.6 Å². The number of hydrogen-bond donors (Lipinski definition) is 2. The lowest BCUT2D eigenvalue weighted by Crippen LogP contribution is -2.41. The number of carboxylic acids is 1. The van der Waals surface area contributed by atoms with E-state index in [0.717, 1.165) is 27.8 Å². The van der Waals surface area contributed by atoms with Crippen molar-refractivity contribution in [2.45, 2.75) is 18.4 Å².